The Hall–Kier alpha value is -1.40. The van der Waals surface area contributed by atoms with Crippen molar-refractivity contribution in [2.75, 3.05) is 20.1 Å². The second-order valence-corrected chi connectivity index (χ2v) is 5.04. The van der Waals surface area contributed by atoms with Gasteiger partial charge < -0.3 is 10.2 Å². The molecule has 1 aromatic rings. The fourth-order valence-corrected chi connectivity index (χ4v) is 2.48. The lowest BCUT2D eigenvalue weighted by atomic mass is 10.2. The van der Waals surface area contributed by atoms with Crippen LogP contribution in [0.1, 0.15) is 4.88 Å². The number of likely N-dealkylation sites (N-methyl/N-ethyl adjacent to an activating group) is 1. The Kier molecular flexibility index (Phi) is 3.75. The first-order valence-corrected chi connectivity index (χ1v) is 6.32. The van der Waals surface area contributed by atoms with Gasteiger partial charge in [0.2, 0.25) is 11.8 Å². The van der Waals surface area contributed by atoms with Crippen molar-refractivity contribution in [1.29, 1.82) is 0 Å². The van der Waals surface area contributed by atoms with Crippen molar-refractivity contribution in [2.24, 2.45) is 0 Å². The van der Waals surface area contributed by atoms with E-state index >= 15 is 0 Å². The molecule has 1 aliphatic heterocycles. The molecule has 2 amide bonds. The fraction of sp³-hybridized carbons (Fsp3) is 0.455. The third-order valence-electron chi connectivity index (χ3n) is 2.66. The largest absolute Gasteiger partial charge is 0.353 e. The normalized spacial score (nSPS) is 19.8. The van der Waals surface area contributed by atoms with Crippen LogP contribution in [0, 0.1) is 0 Å². The molecule has 1 saturated heterocycles. The number of carbonyl (C=O) groups is 2. The van der Waals surface area contributed by atoms with Crippen LogP contribution in [-0.2, 0) is 16.1 Å². The van der Waals surface area contributed by atoms with Crippen LogP contribution in [-0.4, -0.2) is 42.9 Å². The Morgan fingerprint density at radius 3 is 3.06 bits per heavy atom. The summed E-state index contributed by atoms with van der Waals surface area (Å²) in [5.74, 6) is -0.0478. The Morgan fingerprint density at radius 1 is 1.65 bits per heavy atom. The number of hydrogen-bond donors (Lipinski definition) is 2. The fourth-order valence-electron chi connectivity index (χ4n) is 1.72. The van der Waals surface area contributed by atoms with E-state index < -0.39 is 0 Å². The summed E-state index contributed by atoms with van der Waals surface area (Å²) in [7, 11) is 1.78. The van der Waals surface area contributed by atoms with Crippen LogP contribution in [0.5, 0.6) is 0 Å². The van der Waals surface area contributed by atoms with E-state index in [0.717, 1.165) is 4.88 Å². The standard InChI is InChI=1S/C11H15N3O2S/c1-14(7-8-3-2-4-17-8)11(16)9-5-13-10(15)6-12-9/h2-4,9,12H,5-7H2,1H3,(H,13,15). The maximum Gasteiger partial charge on any atom is 0.241 e. The Morgan fingerprint density at radius 2 is 2.47 bits per heavy atom. The van der Waals surface area contributed by atoms with Gasteiger partial charge in [-0.05, 0) is 11.4 Å². The molecular formula is C11H15N3O2S. The van der Waals surface area contributed by atoms with Gasteiger partial charge in [-0.15, -0.1) is 11.3 Å². The van der Waals surface area contributed by atoms with Crippen LogP contribution >= 0.6 is 11.3 Å². The zero-order chi connectivity index (χ0) is 12.3. The van der Waals surface area contributed by atoms with Gasteiger partial charge in [-0.2, -0.15) is 0 Å². The highest BCUT2D eigenvalue weighted by Crippen LogP contribution is 2.11. The lowest BCUT2D eigenvalue weighted by Crippen LogP contribution is -2.58. The Labute approximate surface area is 104 Å². The molecule has 2 heterocycles. The van der Waals surface area contributed by atoms with Crippen LogP contribution < -0.4 is 10.6 Å². The monoisotopic (exact) mass is 253 g/mol. The molecule has 2 N–H and O–H groups in total. The summed E-state index contributed by atoms with van der Waals surface area (Å²) in [6.45, 7) is 1.19. The lowest BCUT2D eigenvalue weighted by molar-refractivity contribution is -0.134. The van der Waals surface area contributed by atoms with Crippen molar-refractivity contribution < 1.29 is 9.59 Å². The molecule has 6 heteroatoms. The average Bonchev–Trinajstić information content (AvgIpc) is 2.82. The third kappa shape index (κ3) is 3.04. The van der Waals surface area contributed by atoms with Crippen molar-refractivity contribution in [1.82, 2.24) is 15.5 Å². The quantitative estimate of drug-likeness (QED) is 0.784. The molecule has 1 atom stereocenters. The molecule has 0 spiro atoms. The van der Waals surface area contributed by atoms with Crippen molar-refractivity contribution in [3.8, 4) is 0 Å². The predicted molar refractivity (Wildman–Crippen MR) is 65.6 cm³/mol. The van der Waals surface area contributed by atoms with Gasteiger partial charge in [-0.25, -0.2) is 0 Å². The Balaban J connectivity index is 1.88. The molecule has 17 heavy (non-hydrogen) atoms. The molecule has 92 valence electrons. The van der Waals surface area contributed by atoms with E-state index in [1.54, 1.807) is 23.3 Å². The van der Waals surface area contributed by atoms with E-state index in [2.05, 4.69) is 10.6 Å². The molecule has 1 fully saturated rings. The summed E-state index contributed by atoms with van der Waals surface area (Å²) in [4.78, 5) is 25.8. The lowest BCUT2D eigenvalue weighted by Gasteiger charge is -2.27. The van der Waals surface area contributed by atoms with Crippen molar-refractivity contribution in [2.45, 2.75) is 12.6 Å². The zero-order valence-corrected chi connectivity index (χ0v) is 10.4. The van der Waals surface area contributed by atoms with Crippen LogP contribution in [0.2, 0.25) is 0 Å². The topological polar surface area (TPSA) is 61.4 Å². The molecule has 5 nitrogen and oxygen atoms in total. The highest BCUT2D eigenvalue weighted by atomic mass is 32.1. The van der Waals surface area contributed by atoms with Crippen molar-refractivity contribution >= 4 is 23.2 Å². The van der Waals surface area contributed by atoms with Gasteiger partial charge >= 0.3 is 0 Å². The summed E-state index contributed by atoms with van der Waals surface area (Å²) in [6, 6.07) is 3.67. The van der Waals surface area contributed by atoms with Gasteiger partial charge in [0.25, 0.3) is 0 Å². The Bertz CT molecular complexity index is 395. The predicted octanol–water partition coefficient (Wildman–Crippen LogP) is -0.205. The molecule has 0 aliphatic carbocycles. The highest BCUT2D eigenvalue weighted by Gasteiger charge is 2.26. The van der Waals surface area contributed by atoms with E-state index in [1.165, 1.54) is 0 Å². The molecule has 1 aliphatic rings. The second-order valence-electron chi connectivity index (χ2n) is 4.01. The highest BCUT2D eigenvalue weighted by molar-refractivity contribution is 7.09. The minimum absolute atomic E-state index is 0.0124. The number of hydrogen-bond acceptors (Lipinski definition) is 4. The number of nitrogens with one attached hydrogen (secondary N) is 2. The van der Waals surface area contributed by atoms with Gasteiger partial charge in [-0.1, -0.05) is 6.07 Å². The van der Waals surface area contributed by atoms with Crippen LogP contribution in [0.4, 0.5) is 0 Å². The van der Waals surface area contributed by atoms with Crippen LogP contribution in [0.25, 0.3) is 0 Å². The summed E-state index contributed by atoms with van der Waals surface area (Å²) < 4.78 is 0. The SMILES string of the molecule is CN(Cc1cccs1)C(=O)C1CNC(=O)CN1. The number of nitrogens with zero attached hydrogens (tertiary/aromatic N) is 1. The molecule has 1 unspecified atom stereocenters. The number of amides is 2. The summed E-state index contributed by atoms with van der Waals surface area (Å²) >= 11 is 1.63. The second kappa shape index (κ2) is 5.29. The van der Waals surface area contributed by atoms with Gasteiger partial charge in [0.05, 0.1) is 13.1 Å². The van der Waals surface area contributed by atoms with E-state index in [-0.39, 0.29) is 24.4 Å². The first kappa shape index (κ1) is 12.1. The average molecular weight is 253 g/mol. The molecule has 2 rings (SSSR count). The molecule has 0 saturated carbocycles. The summed E-state index contributed by atoms with van der Waals surface area (Å²) in [5.41, 5.74) is 0. The van der Waals surface area contributed by atoms with Crippen molar-refractivity contribution in [3.05, 3.63) is 22.4 Å². The van der Waals surface area contributed by atoms with E-state index in [1.807, 2.05) is 17.5 Å². The zero-order valence-electron chi connectivity index (χ0n) is 9.60. The molecule has 1 aromatic heterocycles. The summed E-state index contributed by atoms with van der Waals surface area (Å²) in [6.07, 6.45) is 0. The maximum absolute atomic E-state index is 12.0. The van der Waals surface area contributed by atoms with Crippen LogP contribution in [0.15, 0.2) is 17.5 Å². The molecule has 0 radical (unpaired) electrons. The first-order valence-electron chi connectivity index (χ1n) is 5.44. The molecule has 0 aromatic carbocycles. The minimum atomic E-state index is -0.308. The summed E-state index contributed by atoms with van der Waals surface area (Å²) in [5, 5.41) is 7.60. The molecule has 0 bridgehead atoms. The van der Waals surface area contributed by atoms with Crippen molar-refractivity contribution in [3.63, 3.8) is 0 Å². The smallest absolute Gasteiger partial charge is 0.241 e. The van der Waals surface area contributed by atoms with E-state index in [0.29, 0.717) is 13.1 Å². The number of thiophene rings is 1. The maximum atomic E-state index is 12.0. The number of piperazine rings is 1. The number of carbonyl (C=O) groups excluding carboxylic acids is 2. The third-order valence-corrected chi connectivity index (χ3v) is 3.52. The van der Waals surface area contributed by atoms with Gasteiger partial charge in [0.15, 0.2) is 0 Å². The van der Waals surface area contributed by atoms with E-state index in [9.17, 15) is 9.59 Å². The minimum Gasteiger partial charge on any atom is -0.353 e. The van der Waals surface area contributed by atoms with Gasteiger partial charge in [0.1, 0.15) is 6.04 Å². The van der Waals surface area contributed by atoms with E-state index in [4.69, 9.17) is 0 Å². The number of rotatable bonds is 3. The van der Waals surface area contributed by atoms with Crippen LogP contribution in [0.3, 0.4) is 0 Å². The molecular weight excluding hydrogens is 238 g/mol. The first-order chi connectivity index (χ1) is 8.16. The van der Waals surface area contributed by atoms with Gasteiger partial charge in [0, 0.05) is 18.5 Å². The van der Waals surface area contributed by atoms with Gasteiger partial charge in [-0.3, -0.25) is 14.9 Å².